The molecule has 1 aliphatic heterocycles. The summed E-state index contributed by atoms with van der Waals surface area (Å²) in [5.41, 5.74) is 5.77. The second kappa shape index (κ2) is 3.73. The fraction of sp³-hybridized carbons (Fsp3) is 1.00. The fourth-order valence-corrected chi connectivity index (χ4v) is 1.66. The van der Waals surface area contributed by atoms with Crippen LogP contribution < -0.4 is 5.73 Å². The molecule has 0 aromatic rings. The van der Waals surface area contributed by atoms with Gasteiger partial charge in [0.15, 0.2) is 0 Å². The van der Waals surface area contributed by atoms with Gasteiger partial charge in [-0.05, 0) is 32.7 Å². The lowest BCUT2D eigenvalue weighted by molar-refractivity contribution is 0.145. The van der Waals surface area contributed by atoms with E-state index in [0.717, 1.165) is 19.5 Å². The quantitative estimate of drug-likeness (QED) is 0.632. The molecule has 12 heavy (non-hydrogen) atoms. The van der Waals surface area contributed by atoms with Crippen molar-refractivity contribution in [1.29, 1.82) is 0 Å². The summed E-state index contributed by atoms with van der Waals surface area (Å²) in [7, 11) is 0. The Morgan fingerprint density at radius 2 is 2.25 bits per heavy atom. The lowest BCUT2D eigenvalue weighted by Crippen LogP contribution is -2.48. The minimum absolute atomic E-state index is 0.101. The molecule has 0 aromatic heterocycles. The number of nitrogens with zero attached hydrogens (tertiary/aromatic N) is 1. The molecule has 1 aliphatic rings. The normalized spacial score (nSPS) is 26.5. The van der Waals surface area contributed by atoms with Crippen molar-refractivity contribution in [2.45, 2.75) is 25.8 Å². The van der Waals surface area contributed by atoms with E-state index in [9.17, 15) is 0 Å². The van der Waals surface area contributed by atoms with Crippen LogP contribution in [0.15, 0.2) is 0 Å². The average Bonchev–Trinajstić information content (AvgIpc) is 2.52. The second-order valence-corrected chi connectivity index (χ2v) is 4.30. The zero-order chi connectivity index (χ0) is 9.19. The molecule has 1 fully saturated rings. The molecule has 0 radical (unpaired) electrons. The van der Waals surface area contributed by atoms with Crippen molar-refractivity contribution in [2.24, 2.45) is 11.7 Å². The van der Waals surface area contributed by atoms with E-state index in [1.165, 1.54) is 0 Å². The summed E-state index contributed by atoms with van der Waals surface area (Å²) in [5, 5.41) is 8.96. The zero-order valence-corrected chi connectivity index (χ0v) is 8.08. The van der Waals surface area contributed by atoms with Crippen LogP contribution >= 0.6 is 0 Å². The highest BCUT2D eigenvalue weighted by atomic mass is 16.3. The summed E-state index contributed by atoms with van der Waals surface area (Å²) in [4.78, 5) is 2.37. The summed E-state index contributed by atoms with van der Waals surface area (Å²) in [6.07, 6.45) is 1.11. The van der Waals surface area contributed by atoms with Crippen LogP contribution in [0.25, 0.3) is 0 Å². The first-order valence-electron chi connectivity index (χ1n) is 4.66. The Kier molecular flexibility index (Phi) is 3.09. The molecule has 1 rings (SSSR count). The molecule has 0 aromatic carbocycles. The molecule has 0 aliphatic carbocycles. The Hall–Kier alpha value is -0.120. The van der Waals surface area contributed by atoms with E-state index in [1.54, 1.807) is 0 Å². The van der Waals surface area contributed by atoms with E-state index >= 15 is 0 Å². The molecule has 0 amide bonds. The number of rotatable bonds is 3. The number of likely N-dealkylation sites (tertiary alicyclic amines) is 1. The minimum atomic E-state index is 0.101. The predicted octanol–water partition coefficient (Wildman–Crippen LogP) is 0.0379. The topological polar surface area (TPSA) is 49.5 Å². The first kappa shape index (κ1) is 9.96. The Labute approximate surface area is 74.5 Å². The Morgan fingerprint density at radius 1 is 1.58 bits per heavy atom. The summed E-state index contributed by atoms with van der Waals surface area (Å²) in [6, 6.07) is 0. The van der Waals surface area contributed by atoms with E-state index in [4.69, 9.17) is 10.8 Å². The van der Waals surface area contributed by atoms with Gasteiger partial charge in [0, 0.05) is 25.2 Å². The van der Waals surface area contributed by atoms with Crippen LogP contribution in [0.2, 0.25) is 0 Å². The molecule has 0 saturated carbocycles. The van der Waals surface area contributed by atoms with Crippen LogP contribution in [0.3, 0.4) is 0 Å². The highest BCUT2D eigenvalue weighted by Crippen LogP contribution is 2.23. The van der Waals surface area contributed by atoms with Crippen molar-refractivity contribution < 1.29 is 5.11 Å². The zero-order valence-electron chi connectivity index (χ0n) is 8.08. The van der Waals surface area contributed by atoms with Gasteiger partial charge in [0.1, 0.15) is 0 Å². The fourth-order valence-electron chi connectivity index (χ4n) is 1.66. The summed E-state index contributed by atoms with van der Waals surface area (Å²) in [5.74, 6) is 0.468. The van der Waals surface area contributed by atoms with Crippen molar-refractivity contribution in [3.8, 4) is 0 Å². The smallest absolute Gasteiger partial charge is 0.0471 e. The average molecular weight is 172 g/mol. The molecular weight excluding hydrogens is 152 g/mol. The Morgan fingerprint density at radius 3 is 2.67 bits per heavy atom. The van der Waals surface area contributed by atoms with Gasteiger partial charge in [-0.3, -0.25) is 4.90 Å². The molecule has 0 spiro atoms. The summed E-state index contributed by atoms with van der Waals surface area (Å²) in [6.45, 7) is 7.40. The predicted molar refractivity (Wildman–Crippen MR) is 49.9 cm³/mol. The van der Waals surface area contributed by atoms with Crippen LogP contribution in [-0.4, -0.2) is 41.8 Å². The maximum Gasteiger partial charge on any atom is 0.0471 e. The third kappa shape index (κ3) is 1.97. The van der Waals surface area contributed by atoms with Gasteiger partial charge in [-0.15, -0.1) is 0 Å². The molecule has 1 unspecified atom stereocenters. The van der Waals surface area contributed by atoms with Crippen molar-refractivity contribution in [1.82, 2.24) is 4.90 Å². The summed E-state index contributed by atoms with van der Waals surface area (Å²) < 4.78 is 0. The number of aliphatic hydroxyl groups excluding tert-OH is 1. The number of hydrogen-bond donors (Lipinski definition) is 2. The van der Waals surface area contributed by atoms with Crippen LogP contribution in [0.5, 0.6) is 0 Å². The van der Waals surface area contributed by atoms with Crippen LogP contribution in [-0.2, 0) is 0 Å². The molecule has 72 valence electrons. The van der Waals surface area contributed by atoms with E-state index in [1.807, 2.05) is 0 Å². The van der Waals surface area contributed by atoms with Gasteiger partial charge in [-0.1, -0.05) is 0 Å². The molecule has 3 N–H and O–H groups in total. The van der Waals surface area contributed by atoms with Gasteiger partial charge in [0.2, 0.25) is 0 Å². The largest absolute Gasteiger partial charge is 0.396 e. The van der Waals surface area contributed by atoms with E-state index in [-0.39, 0.29) is 5.54 Å². The van der Waals surface area contributed by atoms with E-state index < -0.39 is 0 Å². The number of aliphatic hydroxyl groups is 1. The standard InChI is InChI=1S/C9H20N2O/c1-9(2,7-10)11-4-3-8(5-11)6-12/h8,12H,3-7,10H2,1-2H3. The van der Waals surface area contributed by atoms with Crippen molar-refractivity contribution >= 4 is 0 Å². The maximum atomic E-state index is 8.96. The van der Waals surface area contributed by atoms with Gasteiger partial charge in [-0.2, -0.15) is 0 Å². The highest BCUT2D eigenvalue weighted by molar-refractivity contribution is 4.88. The third-order valence-corrected chi connectivity index (χ3v) is 2.90. The molecular formula is C9H20N2O. The van der Waals surface area contributed by atoms with Gasteiger partial charge in [0.05, 0.1) is 0 Å². The first-order chi connectivity index (χ1) is 5.60. The number of hydrogen-bond acceptors (Lipinski definition) is 3. The molecule has 3 heteroatoms. The molecule has 1 saturated heterocycles. The van der Waals surface area contributed by atoms with Crippen LogP contribution in [0, 0.1) is 5.92 Å². The van der Waals surface area contributed by atoms with E-state index in [0.29, 0.717) is 19.1 Å². The second-order valence-electron chi connectivity index (χ2n) is 4.30. The molecule has 1 atom stereocenters. The SMILES string of the molecule is CC(C)(CN)N1CCC(CO)C1. The molecule has 0 bridgehead atoms. The lowest BCUT2D eigenvalue weighted by Gasteiger charge is -2.34. The number of nitrogens with two attached hydrogens (primary N) is 1. The van der Waals surface area contributed by atoms with Crippen molar-refractivity contribution in [3.63, 3.8) is 0 Å². The van der Waals surface area contributed by atoms with E-state index in [2.05, 4.69) is 18.7 Å². The summed E-state index contributed by atoms with van der Waals surface area (Å²) >= 11 is 0. The lowest BCUT2D eigenvalue weighted by atomic mass is 10.0. The Balaban J connectivity index is 2.46. The van der Waals surface area contributed by atoms with Crippen molar-refractivity contribution in [2.75, 3.05) is 26.2 Å². The molecule has 3 nitrogen and oxygen atoms in total. The van der Waals surface area contributed by atoms with Crippen molar-refractivity contribution in [3.05, 3.63) is 0 Å². The van der Waals surface area contributed by atoms with Gasteiger partial charge < -0.3 is 10.8 Å². The van der Waals surface area contributed by atoms with Crippen LogP contribution in [0.4, 0.5) is 0 Å². The monoisotopic (exact) mass is 172 g/mol. The van der Waals surface area contributed by atoms with Crippen LogP contribution in [0.1, 0.15) is 20.3 Å². The first-order valence-corrected chi connectivity index (χ1v) is 4.66. The maximum absolute atomic E-state index is 8.96. The third-order valence-electron chi connectivity index (χ3n) is 2.90. The molecule has 1 heterocycles. The highest BCUT2D eigenvalue weighted by Gasteiger charge is 2.31. The van der Waals surface area contributed by atoms with Gasteiger partial charge in [0.25, 0.3) is 0 Å². The van der Waals surface area contributed by atoms with Gasteiger partial charge in [-0.25, -0.2) is 0 Å². The van der Waals surface area contributed by atoms with Gasteiger partial charge >= 0.3 is 0 Å². The Bertz CT molecular complexity index is 147. The minimum Gasteiger partial charge on any atom is -0.396 e.